The number of ketones is 2. The number of likely N-dealkylation sites (tertiary alicyclic amines) is 1. The SMILES string of the molecule is CC[C@H](C)[C@@H]([C@@H](CC(=O)N1CCC[C@H]1[C@H](OC)[C@@H](C)C(=O)C[C@H](C)[C@@H](O)c1ccccc1)OC)N(C)C(=O)[C@@H](CC(=O)[C@H](C(C)C)N(C)C(=O)OCC(C)(C)SSc1nnnn1C)C(C)C. The van der Waals surface area contributed by atoms with Gasteiger partial charge in [-0.25, -0.2) is 9.48 Å². The second-order valence-electron chi connectivity index (χ2n) is 19.5. The maximum absolute atomic E-state index is 14.7. The molecule has 0 unspecified atom stereocenters. The Morgan fingerprint density at radius 3 is 2.09 bits per heavy atom. The van der Waals surface area contributed by atoms with E-state index in [2.05, 4.69) is 15.5 Å². The summed E-state index contributed by atoms with van der Waals surface area (Å²) < 4.78 is 18.9. The van der Waals surface area contributed by atoms with Crippen molar-refractivity contribution in [3.8, 4) is 0 Å². The van der Waals surface area contributed by atoms with Crippen LogP contribution in [-0.2, 0) is 40.4 Å². The second kappa shape index (κ2) is 26.3. The number of aliphatic hydroxyl groups excluding tert-OH is 1. The lowest BCUT2D eigenvalue weighted by Crippen LogP contribution is -2.54. The van der Waals surface area contributed by atoms with Crippen molar-refractivity contribution < 1.29 is 43.3 Å². The number of aromatic nitrogens is 4. The van der Waals surface area contributed by atoms with Crippen molar-refractivity contribution in [3.63, 3.8) is 0 Å². The van der Waals surface area contributed by atoms with Crippen molar-refractivity contribution in [2.45, 2.75) is 154 Å². The van der Waals surface area contributed by atoms with Gasteiger partial charge in [0.15, 0.2) is 5.78 Å². The molecular weight excluding hydrogens is 883 g/mol. The molecule has 0 bridgehead atoms. The molecule has 10 atom stereocenters. The van der Waals surface area contributed by atoms with Crippen LogP contribution in [-0.4, -0.2) is 146 Å². The Labute approximate surface area is 401 Å². The summed E-state index contributed by atoms with van der Waals surface area (Å²) in [5.74, 6) is -2.79. The zero-order valence-electron chi connectivity index (χ0n) is 42.1. The van der Waals surface area contributed by atoms with E-state index in [1.54, 1.807) is 49.8 Å². The number of amides is 3. The fourth-order valence-corrected chi connectivity index (χ4v) is 11.2. The third-order valence-electron chi connectivity index (χ3n) is 13.2. The van der Waals surface area contributed by atoms with E-state index in [-0.39, 0.29) is 79.0 Å². The van der Waals surface area contributed by atoms with E-state index in [0.717, 1.165) is 12.0 Å². The van der Waals surface area contributed by atoms with Crippen LogP contribution in [0.5, 0.6) is 0 Å². The number of likely N-dealkylation sites (N-methyl/N-ethyl adjacent to an activating group) is 2. The highest BCUT2D eigenvalue weighted by molar-refractivity contribution is 8.77. The molecule has 1 aliphatic rings. The summed E-state index contributed by atoms with van der Waals surface area (Å²) in [5, 5.41) is 23.1. The highest BCUT2D eigenvalue weighted by atomic mass is 33.1. The molecule has 3 amide bonds. The first kappa shape index (κ1) is 56.7. The molecule has 0 radical (unpaired) electrons. The number of hydrogen-bond donors (Lipinski definition) is 1. The highest BCUT2D eigenvalue weighted by Crippen LogP contribution is 2.40. The number of carbonyl (C=O) groups excluding carboxylic acids is 5. The molecule has 16 nitrogen and oxygen atoms in total. The van der Waals surface area contributed by atoms with Crippen LogP contribution < -0.4 is 0 Å². The van der Waals surface area contributed by atoms with Gasteiger partial charge in [-0.1, -0.05) is 103 Å². The van der Waals surface area contributed by atoms with Crippen LogP contribution in [0, 0.1) is 35.5 Å². The van der Waals surface area contributed by atoms with E-state index in [1.807, 2.05) is 99.6 Å². The Balaban J connectivity index is 1.73. The number of benzene rings is 1. The first-order chi connectivity index (χ1) is 31.0. The Morgan fingerprint density at radius 1 is 0.894 bits per heavy atom. The van der Waals surface area contributed by atoms with Crippen LogP contribution in [0.15, 0.2) is 35.5 Å². The number of tetrazole rings is 1. The van der Waals surface area contributed by atoms with E-state index in [9.17, 15) is 29.1 Å². The Hall–Kier alpha value is -3.58. The molecule has 1 aromatic heterocycles. The van der Waals surface area contributed by atoms with E-state index < -0.39 is 53.1 Å². The van der Waals surface area contributed by atoms with Gasteiger partial charge in [0, 0.05) is 66.6 Å². The first-order valence-electron chi connectivity index (χ1n) is 23.4. The standard InChI is InChI=1S/C48H79N7O9S2/c1-16-31(6)42(39(62-14)27-40(58)55-24-20-23-36(55)44(63-15)33(8)37(56)25-32(7)43(59)34-21-18-17-19-22-34)52(11)45(60)35(29(2)3)26-38(57)41(30(4)5)53(12)47(61)64-28-48(9,10)66-65-46-49-50-51-54(46)13/h17-19,21-22,29-33,35-36,39,41-44,59H,16,20,23-28H2,1-15H3/t31-,32-,33-,35-,36-,39+,41-,42-,43+,44+/m0/s1. The molecule has 0 saturated carbocycles. The third kappa shape index (κ3) is 15.2. The minimum Gasteiger partial charge on any atom is -0.448 e. The molecule has 1 aliphatic heterocycles. The molecule has 1 N–H and O–H groups in total. The lowest BCUT2D eigenvalue weighted by atomic mass is 9.83. The highest BCUT2D eigenvalue weighted by Gasteiger charge is 2.44. The quantitative estimate of drug-likeness (QED) is 0.0879. The number of rotatable bonds is 27. The zero-order chi connectivity index (χ0) is 49.6. The number of ether oxygens (including phenoxy) is 3. The van der Waals surface area contributed by atoms with Crippen LogP contribution in [0.3, 0.4) is 0 Å². The molecule has 66 heavy (non-hydrogen) atoms. The van der Waals surface area contributed by atoms with Gasteiger partial charge in [-0.05, 0) is 77.1 Å². The molecule has 2 aromatic rings. The molecule has 1 saturated heterocycles. The second-order valence-corrected chi connectivity index (χ2v) is 22.3. The van der Waals surface area contributed by atoms with Gasteiger partial charge in [-0.2, -0.15) is 0 Å². The van der Waals surface area contributed by atoms with Crippen molar-refractivity contribution >= 4 is 51.1 Å². The maximum Gasteiger partial charge on any atom is 0.410 e. The van der Waals surface area contributed by atoms with E-state index in [1.165, 1.54) is 26.5 Å². The number of hydrogen-bond acceptors (Lipinski definition) is 14. The van der Waals surface area contributed by atoms with Gasteiger partial charge in [0.2, 0.25) is 17.0 Å². The average molecular weight is 962 g/mol. The fraction of sp³-hybridized carbons (Fsp3) is 0.750. The molecule has 1 aromatic carbocycles. The topological polar surface area (TPSA) is 187 Å². The van der Waals surface area contributed by atoms with Gasteiger partial charge in [-0.15, -0.1) is 5.10 Å². The average Bonchev–Trinajstić information content (AvgIpc) is 3.94. The van der Waals surface area contributed by atoms with Crippen LogP contribution in [0.2, 0.25) is 0 Å². The van der Waals surface area contributed by atoms with Crippen LogP contribution in [0.25, 0.3) is 0 Å². The largest absolute Gasteiger partial charge is 0.448 e. The monoisotopic (exact) mass is 962 g/mol. The summed E-state index contributed by atoms with van der Waals surface area (Å²) >= 11 is 0. The lowest BCUT2D eigenvalue weighted by Gasteiger charge is -2.41. The van der Waals surface area contributed by atoms with Gasteiger partial charge in [0.1, 0.15) is 12.4 Å². The number of aryl methyl sites for hydroxylation is 1. The molecule has 372 valence electrons. The summed E-state index contributed by atoms with van der Waals surface area (Å²) in [6.07, 6.45) is -0.472. The normalized spacial score (nSPS) is 18.5. The van der Waals surface area contributed by atoms with E-state index in [4.69, 9.17) is 14.2 Å². The third-order valence-corrected chi connectivity index (χ3v) is 16.4. The van der Waals surface area contributed by atoms with Crippen molar-refractivity contribution in [2.75, 3.05) is 41.5 Å². The van der Waals surface area contributed by atoms with E-state index in [0.29, 0.717) is 24.5 Å². The lowest BCUT2D eigenvalue weighted by molar-refractivity contribution is -0.149. The first-order valence-corrected chi connectivity index (χ1v) is 25.5. The Kier molecular flexibility index (Phi) is 22.6. The molecule has 18 heteroatoms. The van der Waals surface area contributed by atoms with E-state index >= 15 is 0 Å². The van der Waals surface area contributed by atoms with Crippen LogP contribution in [0.4, 0.5) is 4.79 Å². The maximum atomic E-state index is 14.7. The van der Waals surface area contributed by atoms with Crippen molar-refractivity contribution in [1.82, 2.24) is 34.9 Å². The number of nitrogens with zero attached hydrogens (tertiary/aromatic N) is 7. The molecule has 1 fully saturated rings. The van der Waals surface area contributed by atoms with Gasteiger partial charge in [-0.3, -0.25) is 19.2 Å². The summed E-state index contributed by atoms with van der Waals surface area (Å²) in [6, 6.07) is 7.62. The summed E-state index contributed by atoms with van der Waals surface area (Å²) in [7, 11) is 11.0. The minimum absolute atomic E-state index is 0.00226. The molecule has 2 heterocycles. The predicted molar refractivity (Wildman–Crippen MR) is 258 cm³/mol. The van der Waals surface area contributed by atoms with Crippen LogP contribution >= 0.6 is 21.6 Å². The predicted octanol–water partition coefficient (Wildman–Crippen LogP) is 7.30. The zero-order valence-corrected chi connectivity index (χ0v) is 43.8. The van der Waals surface area contributed by atoms with Crippen LogP contribution in [0.1, 0.15) is 119 Å². The number of methoxy groups -OCH3 is 2. The Bertz CT molecular complexity index is 1870. The van der Waals surface area contributed by atoms with Crippen molar-refractivity contribution in [3.05, 3.63) is 35.9 Å². The number of Topliss-reactive ketones (excluding diaryl/α,β-unsaturated/α-hetero) is 2. The van der Waals surface area contributed by atoms with Gasteiger partial charge in [0.25, 0.3) is 0 Å². The molecular formula is C48H79N7O9S2. The number of carbonyl (C=O) groups is 5. The summed E-state index contributed by atoms with van der Waals surface area (Å²) in [5.41, 5.74) is 0.757. The fourth-order valence-electron chi connectivity index (χ4n) is 9.09. The molecule has 3 rings (SSSR count). The van der Waals surface area contributed by atoms with Gasteiger partial charge in [0.05, 0.1) is 47.6 Å². The Morgan fingerprint density at radius 2 is 1.55 bits per heavy atom. The number of aliphatic hydroxyl groups is 1. The molecule has 0 aliphatic carbocycles. The van der Waals surface area contributed by atoms with Gasteiger partial charge >= 0.3 is 6.09 Å². The minimum atomic E-state index is -0.840. The smallest absolute Gasteiger partial charge is 0.410 e. The molecule has 0 spiro atoms. The summed E-state index contributed by atoms with van der Waals surface area (Å²) in [6.45, 7) is 19.8. The van der Waals surface area contributed by atoms with Crippen molar-refractivity contribution in [2.24, 2.45) is 42.6 Å². The van der Waals surface area contributed by atoms with Crippen molar-refractivity contribution in [1.29, 1.82) is 0 Å². The summed E-state index contributed by atoms with van der Waals surface area (Å²) in [4.78, 5) is 75.3. The van der Waals surface area contributed by atoms with Gasteiger partial charge < -0.3 is 34.0 Å².